The van der Waals surface area contributed by atoms with E-state index in [0.29, 0.717) is 12.3 Å². The zero-order valence-corrected chi connectivity index (χ0v) is 12.6. The molecule has 1 fully saturated rings. The Bertz CT molecular complexity index is 601. The normalized spacial score (nSPS) is 17.4. The predicted molar refractivity (Wildman–Crippen MR) is 87.5 cm³/mol. The van der Waals surface area contributed by atoms with Gasteiger partial charge in [0, 0.05) is 19.1 Å². The first-order valence-corrected chi connectivity index (χ1v) is 7.80. The predicted octanol–water partition coefficient (Wildman–Crippen LogP) is 3.05. The molecule has 2 aromatic carbocycles. The van der Waals surface area contributed by atoms with Gasteiger partial charge in [-0.3, -0.25) is 4.79 Å². The lowest BCUT2D eigenvalue weighted by Crippen LogP contribution is -2.30. The van der Waals surface area contributed by atoms with Crippen LogP contribution < -0.4 is 5.32 Å². The minimum atomic E-state index is 0.0827. The molecule has 3 rings (SSSR count). The summed E-state index contributed by atoms with van der Waals surface area (Å²) in [5.74, 6) is 0.559. The van der Waals surface area contributed by atoms with Crippen LogP contribution in [0.3, 0.4) is 0 Å². The van der Waals surface area contributed by atoms with Crippen LogP contribution in [0.25, 0.3) is 11.1 Å². The topological polar surface area (TPSA) is 38.3 Å². The zero-order chi connectivity index (χ0) is 15.2. The van der Waals surface area contributed by atoms with Gasteiger partial charge in [-0.1, -0.05) is 54.6 Å². The minimum absolute atomic E-state index is 0.0827. The van der Waals surface area contributed by atoms with Crippen molar-refractivity contribution in [1.82, 2.24) is 5.32 Å². The number of amides is 1. The molecule has 0 aliphatic carbocycles. The van der Waals surface area contributed by atoms with E-state index < -0.39 is 0 Å². The molecule has 1 saturated heterocycles. The summed E-state index contributed by atoms with van der Waals surface area (Å²) < 4.78 is 5.31. The lowest BCUT2D eigenvalue weighted by Gasteiger charge is -2.10. The number of nitrogens with one attached hydrogen (secondary N) is 1. The summed E-state index contributed by atoms with van der Waals surface area (Å²) in [6.45, 7) is 2.31. The quantitative estimate of drug-likeness (QED) is 0.920. The van der Waals surface area contributed by atoms with E-state index in [9.17, 15) is 4.79 Å². The Morgan fingerprint density at radius 3 is 2.45 bits per heavy atom. The third-order valence-corrected chi connectivity index (χ3v) is 4.04. The van der Waals surface area contributed by atoms with E-state index in [0.717, 1.165) is 31.7 Å². The average Bonchev–Trinajstić information content (AvgIpc) is 3.08. The first-order chi connectivity index (χ1) is 10.8. The van der Waals surface area contributed by atoms with Crippen LogP contribution in [0.4, 0.5) is 0 Å². The first kappa shape index (κ1) is 14.8. The highest BCUT2D eigenvalue weighted by molar-refractivity contribution is 5.78. The van der Waals surface area contributed by atoms with E-state index in [2.05, 4.69) is 29.6 Å². The Morgan fingerprint density at radius 2 is 1.77 bits per heavy atom. The molecule has 1 amide bonds. The maximum absolute atomic E-state index is 12.0. The molecular weight excluding hydrogens is 274 g/mol. The molecular formula is C19H21NO2. The number of carbonyl (C=O) groups is 1. The van der Waals surface area contributed by atoms with Gasteiger partial charge in [0.05, 0.1) is 13.0 Å². The van der Waals surface area contributed by atoms with Gasteiger partial charge in [-0.15, -0.1) is 0 Å². The molecule has 114 valence electrons. The number of rotatable bonds is 5. The van der Waals surface area contributed by atoms with Gasteiger partial charge in [-0.2, -0.15) is 0 Å². The van der Waals surface area contributed by atoms with Crippen LogP contribution >= 0.6 is 0 Å². The van der Waals surface area contributed by atoms with Crippen molar-refractivity contribution in [1.29, 1.82) is 0 Å². The average molecular weight is 295 g/mol. The van der Waals surface area contributed by atoms with Gasteiger partial charge in [-0.05, 0) is 23.1 Å². The molecule has 1 heterocycles. The summed E-state index contributed by atoms with van der Waals surface area (Å²) in [6.07, 6.45) is 1.48. The van der Waals surface area contributed by atoms with E-state index >= 15 is 0 Å². The highest BCUT2D eigenvalue weighted by Gasteiger charge is 2.16. The molecule has 1 atom stereocenters. The van der Waals surface area contributed by atoms with Crippen molar-refractivity contribution in [3.63, 3.8) is 0 Å². The van der Waals surface area contributed by atoms with Crippen molar-refractivity contribution < 1.29 is 9.53 Å². The highest BCUT2D eigenvalue weighted by Crippen LogP contribution is 2.19. The van der Waals surface area contributed by atoms with Gasteiger partial charge in [0.2, 0.25) is 5.91 Å². The van der Waals surface area contributed by atoms with Crippen LogP contribution in [-0.4, -0.2) is 25.7 Å². The lowest BCUT2D eigenvalue weighted by molar-refractivity contribution is -0.120. The fourth-order valence-electron chi connectivity index (χ4n) is 2.70. The lowest BCUT2D eigenvalue weighted by atomic mass is 10.0. The fraction of sp³-hybridized carbons (Fsp3) is 0.316. The standard InChI is InChI=1S/C19H21NO2/c21-19(20-13-16-10-11-22-14-16)12-15-6-8-18(9-7-15)17-4-2-1-3-5-17/h1-9,16H,10-14H2,(H,20,21). The Morgan fingerprint density at radius 1 is 1.05 bits per heavy atom. The fourth-order valence-corrected chi connectivity index (χ4v) is 2.70. The van der Waals surface area contributed by atoms with Crippen LogP contribution in [0.1, 0.15) is 12.0 Å². The molecule has 0 aromatic heterocycles. The zero-order valence-electron chi connectivity index (χ0n) is 12.6. The van der Waals surface area contributed by atoms with Crippen molar-refractivity contribution >= 4 is 5.91 Å². The Hall–Kier alpha value is -2.13. The molecule has 22 heavy (non-hydrogen) atoms. The second-order valence-corrected chi connectivity index (χ2v) is 5.77. The second-order valence-electron chi connectivity index (χ2n) is 5.77. The molecule has 0 bridgehead atoms. The van der Waals surface area contributed by atoms with Gasteiger partial charge in [-0.25, -0.2) is 0 Å². The molecule has 1 aliphatic heterocycles. The first-order valence-electron chi connectivity index (χ1n) is 7.80. The van der Waals surface area contributed by atoms with E-state index in [4.69, 9.17) is 4.74 Å². The summed E-state index contributed by atoms with van der Waals surface area (Å²) in [4.78, 5) is 12.0. The molecule has 3 nitrogen and oxygen atoms in total. The Labute approximate surface area is 131 Å². The number of hydrogen-bond acceptors (Lipinski definition) is 2. The number of ether oxygens (including phenoxy) is 1. The van der Waals surface area contributed by atoms with Gasteiger partial charge < -0.3 is 10.1 Å². The molecule has 1 aliphatic rings. The minimum Gasteiger partial charge on any atom is -0.381 e. The van der Waals surface area contributed by atoms with E-state index in [-0.39, 0.29) is 5.91 Å². The molecule has 2 aromatic rings. The van der Waals surface area contributed by atoms with Crippen molar-refractivity contribution in [3.8, 4) is 11.1 Å². The van der Waals surface area contributed by atoms with Crippen LogP contribution in [0.2, 0.25) is 0 Å². The Balaban J connectivity index is 1.53. The van der Waals surface area contributed by atoms with Crippen LogP contribution in [0, 0.1) is 5.92 Å². The monoisotopic (exact) mass is 295 g/mol. The summed E-state index contributed by atoms with van der Waals surface area (Å²) >= 11 is 0. The number of benzene rings is 2. The smallest absolute Gasteiger partial charge is 0.224 e. The summed E-state index contributed by atoms with van der Waals surface area (Å²) in [5.41, 5.74) is 3.41. The van der Waals surface area contributed by atoms with E-state index in [1.165, 1.54) is 11.1 Å². The third kappa shape index (κ3) is 3.95. The molecule has 3 heteroatoms. The van der Waals surface area contributed by atoms with Crippen LogP contribution in [0.15, 0.2) is 54.6 Å². The van der Waals surface area contributed by atoms with Gasteiger partial charge >= 0.3 is 0 Å². The van der Waals surface area contributed by atoms with Gasteiger partial charge in [0.15, 0.2) is 0 Å². The summed E-state index contributed by atoms with van der Waals surface area (Å²) in [6, 6.07) is 18.5. The van der Waals surface area contributed by atoms with Crippen LogP contribution in [0.5, 0.6) is 0 Å². The number of carbonyl (C=O) groups excluding carboxylic acids is 1. The Kier molecular flexibility index (Phi) is 4.86. The largest absolute Gasteiger partial charge is 0.381 e. The van der Waals surface area contributed by atoms with Crippen molar-refractivity contribution in [2.75, 3.05) is 19.8 Å². The van der Waals surface area contributed by atoms with Crippen molar-refractivity contribution in [3.05, 3.63) is 60.2 Å². The number of hydrogen-bond donors (Lipinski definition) is 1. The maximum Gasteiger partial charge on any atom is 0.224 e. The van der Waals surface area contributed by atoms with Gasteiger partial charge in [0.1, 0.15) is 0 Å². The molecule has 0 saturated carbocycles. The SMILES string of the molecule is O=C(Cc1ccc(-c2ccccc2)cc1)NCC1CCOC1. The highest BCUT2D eigenvalue weighted by atomic mass is 16.5. The van der Waals surface area contributed by atoms with Crippen molar-refractivity contribution in [2.45, 2.75) is 12.8 Å². The molecule has 0 radical (unpaired) electrons. The van der Waals surface area contributed by atoms with Gasteiger partial charge in [0.25, 0.3) is 0 Å². The third-order valence-electron chi connectivity index (χ3n) is 4.04. The molecule has 0 spiro atoms. The maximum atomic E-state index is 12.0. The summed E-state index contributed by atoms with van der Waals surface area (Å²) in [5, 5.41) is 3.00. The molecule has 1 N–H and O–H groups in total. The molecule has 1 unspecified atom stereocenters. The summed E-state index contributed by atoms with van der Waals surface area (Å²) in [7, 11) is 0. The second kappa shape index (κ2) is 7.23. The van der Waals surface area contributed by atoms with Crippen LogP contribution in [-0.2, 0) is 16.0 Å². The van der Waals surface area contributed by atoms with E-state index in [1.807, 2.05) is 30.3 Å². The van der Waals surface area contributed by atoms with E-state index in [1.54, 1.807) is 0 Å². The van der Waals surface area contributed by atoms with Crippen molar-refractivity contribution in [2.24, 2.45) is 5.92 Å².